The fourth-order valence-electron chi connectivity index (χ4n) is 3.55. The molecule has 0 aliphatic carbocycles. The third-order valence-electron chi connectivity index (χ3n) is 4.66. The first kappa shape index (κ1) is 15.9. The molecule has 130 valence electrons. The van der Waals surface area contributed by atoms with Crippen molar-refractivity contribution in [1.29, 1.82) is 0 Å². The van der Waals surface area contributed by atoms with Crippen molar-refractivity contribution in [2.75, 3.05) is 13.1 Å². The molecule has 1 atom stereocenters. The first-order chi connectivity index (χ1) is 11.9. The molecule has 0 bridgehead atoms. The van der Waals surface area contributed by atoms with E-state index in [0.717, 1.165) is 21.9 Å². The van der Waals surface area contributed by atoms with Crippen LogP contribution in [0.15, 0.2) is 30.7 Å². The van der Waals surface area contributed by atoms with Gasteiger partial charge in [-0.15, -0.1) is 0 Å². The van der Waals surface area contributed by atoms with Crippen LogP contribution in [0.4, 0.5) is 13.2 Å². The first-order valence-corrected chi connectivity index (χ1v) is 7.97. The monoisotopic (exact) mass is 348 g/mol. The van der Waals surface area contributed by atoms with Gasteiger partial charge in [-0.3, -0.25) is 4.79 Å². The van der Waals surface area contributed by atoms with Gasteiger partial charge in [-0.2, -0.15) is 13.2 Å². The van der Waals surface area contributed by atoms with Crippen LogP contribution in [-0.2, 0) is 4.79 Å². The maximum absolute atomic E-state index is 12.5. The lowest BCUT2D eigenvalue weighted by atomic mass is 9.94. The predicted molar refractivity (Wildman–Crippen MR) is 86.0 cm³/mol. The van der Waals surface area contributed by atoms with E-state index in [1.165, 1.54) is 4.90 Å². The summed E-state index contributed by atoms with van der Waals surface area (Å²) in [5.41, 5.74) is 2.49. The molecule has 0 aromatic carbocycles. The Morgan fingerprint density at radius 3 is 2.96 bits per heavy atom. The molecule has 1 amide bonds. The molecule has 8 heteroatoms. The van der Waals surface area contributed by atoms with Gasteiger partial charge in [0.2, 0.25) is 5.91 Å². The van der Waals surface area contributed by atoms with E-state index in [1.54, 1.807) is 18.6 Å². The molecule has 5 nitrogen and oxygen atoms in total. The number of rotatable bonds is 2. The van der Waals surface area contributed by atoms with Gasteiger partial charge in [0.1, 0.15) is 6.42 Å². The van der Waals surface area contributed by atoms with Gasteiger partial charge in [-0.05, 0) is 24.1 Å². The molecule has 4 rings (SSSR count). The summed E-state index contributed by atoms with van der Waals surface area (Å²) >= 11 is 0. The normalized spacial score (nSPS) is 18.4. The molecule has 1 aliphatic heterocycles. The second-order valence-corrected chi connectivity index (χ2v) is 6.28. The summed E-state index contributed by atoms with van der Waals surface area (Å²) in [7, 11) is 0. The smallest absolute Gasteiger partial charge is 0.360 e. The van der Waals surface area contributed by atoms with Crippen molar-refractivity contribution in [3.8, 4) is 0 Å². The van der Waals surface area contributed by atoms with E-state index in [1.807, 2.05) is 12.1 Å². The number of likely N-dealkylation sites (tertiary alicyclic amines) is 1. The van der Waals surface area contributed by atoms with E-state index in [2.05, 4.69) is 15.0 Å². The van der Waals surface area contributed by atoms with Crippen LogP contribution in [-0.4, -0.2) is 45.0 Å². The maximum Gasteiger partial charge on any atom is 0.397 e. The van der Waals surface area contributed by atoms with Gasteiger partial charge < -0.3 is 9.88 Å². The molecule has 3 aromatic heterocycles. The summed E-state index contributed by atoms with van der Waals surface area (Å²) in [6.45, 7) is 0.638. The average molecular weight is 348 g/mol. The number of pyridine rings is 2. The lowest BCUT2D eigenvalue weighted by Crippen LogP contribution is -2.32. The highest BCUT2D eigenvalue weighted by Crippen LogP contribution is 2.35. The Bertz CT molecular complexity index is 950. The van der Waals surface area contributed by atoms with Gasteiger partial charge in [0.25, 0.3) is 0 Å². The Labute approximate surface area is 140 Å². The van der Waals surface area contributed by atoms with Crippen LogP contribution >= 0.6 is 0 Å². The van der Waals surface area contributed by atoms with Crippen LogP contribution in [0.3, 0.4) is 0 Å². The van der Waals surface area contributed by atoms with Gasteiger partial charge in [0.15, 0.2) is 5.65 Å². The SMILES string of the molecule is O=C(CC(F)(F)F)N1CCC(c2cc[nH]c3cnc4nccc4c23)C1. The van der Waals surface area contributed by atoms with Gasteiger partial charge in [-0.25, -0.2) is 9.97 Å². The second-order valence-electron chi connectivity index (χ2n) is 6.28. The van der Waals surface area contributed by atoms with Crippen molar-refractivity contribution in [2.24, 2.45) is 0 Å². The molecule has 1 fully saturated rings. The standard InChI is InChI=1S/C17H15F3N4O/c18-17(19,20)7-14(25)24-6-3-10(9-24)11-1-4-21-13-8-23-16-12(15(11)13)2-5-22-16/h1-2,4-5,8,10,21H,3,6-7,9H2. The Balaban J connectivity index is 1.67. The number of H-pyrrole nitrogens is 1. The van der Waals surface area contributed by atoms with Gasteiger partial charge >= 0.3 is 6.18 Å². The van der Waals surface area contributed by atoms with Crippen molar-refractivity contribution < 1.29 is 18.0 Å². The number of aromatic amines is 1. The van der Waals surface area contributed by atoms with E-state index in [4.69, 9.17) is 0 Å². The van der Waals surface area contributed by atoms with Crippen molar-refractivity contribution in [2.45, 2.75) is 24.9 Å². The third-order valence-corrected chi connectivity index (χ3v) is 4.66. The number of carbonyl (C=O) groups excluding carboxylic acids is 1. The van der Waals surface area contributed by atoms with E-state index >= 15 is 0 Å². The van der Waals surface area contributed by atoms with Crippen molar-refractivity contribution in [3.05, 3.63) is 36.3 Å². The highest BCUT2D eigenvalue weighted by Gasteiger charge is 2.36. The molecular formula is C17H15F3N4O. The highest BCUT2D eigenvalue weighted by molar-refractivity contribution is 6.05. The largest absolute Gasteiger partial charge is 0.397 e. The molecule has 0 radical (unpaired) electrons. The number of halogens is 3. The molecule has 25 heavy (non-hydrogen) atoms. The molecule has 1 N–H and O–H groups in total. The zero-order valence-electron chi connectivity index (χ0n) is 13.2. The van der Waals surface area contributed by atoms with Crippen molar-refractivity contribution in [1.82, 2.24) is 19.9 Å². The summed E-state index contributed by atoms with van der Waals surface area (Å²) in [6, 6.07) is 3.81. The van der Waals surface area contributed by atoms with E-state index in [0.29, 0.717) is 25.2 Å². The average Bonchev–Trinajstić information content (AvgIpc) is 3.22. The van der Waals surface area contributed by atoms with Crippen LogP contribution in [0.5, 0.6) is 0 Å². The van der Waals surface area contributed by atoms with Crippen LogP contribution in [0.2, 0.25) is 0 Å². The van der Waals surface area contributed by atoms with Crippen LogP contribution < -0.4 is 0 Å². The van der Waals surface area contributed by atoms with E-state index in [9.17, 15) is 18.0 Å². The minimum Gasteiger partial charge on any atom is -0.360 e. The predicted octanol–water partition coefficient (Wildman–Crippen LogP) is 3.38. The zero-order chi connectivity index (χ0) is 17.6. The summed E-state index contributed by atoms with van der Waals surface area (Å²) in [4.78, 5) is 24.8. The highest BCUT2D eigenvalue weighted by atomic mass is 19.4. The number of hydrogen-bond donors (Lipinski definition) is 1. The Morgan fingerprint density at radius 1 is 1.32 bits per heavy atom. The fraction of sp³-hybridized carbons (Fsp3) is 0.353. The molecule has 4 heterocycles. The summed E-state index contributed by atoms with van der Waals surface area (Å²) < 4.78 is 37.4. The number of hydrogen-bond acceptors (Lipinski definition) is 3. The lowest BCUT2D eigenvalue weighted by Gasteiger charge is -2.18. The minimum atomic E-state index is -4.47. The second kappa shape index (κ2) is 5.72. The summed E-state index contributed by atoms with van der Waals surface area (Å²) in [5, 5.41) is 1.88. The number of amides is 1. The Hall–Kier alpha value is -2.64. The molecular weight excluding hydrogens is 333 g/mol. The Morgan fingerprint density at radius 2 is 2.16 bits per heavy atom. The lowest BCUT2D eigenvalue weighted by molar-refractivity contribution is -0.160. The summed E-state index contributed by atoms with van der Waals surface area (Å²) in [6.07, 6.45) is -0.0495. The Kier molecular flexibility index (Phi) is 3.63. The number of carbonyl (C=O) groups is 1. The molecule has 1 unspecified atom stereocenters. The molecule has 1 saturated heterocycles. The number of alkyl halides is 3. The van der Waals surface area contributed by atoms with E-state index in [-0.39, 0.29) is 5.92 Å². The molecule has 0 spiro atoms. The quantitative estimate of drug-likeness (QED) is 0.772. The molecule has 1 aliphatic rings. The number of fused-ring (bicyclic) bond motifs is 3. The van der Waals surface area contributed by atoms with E-state index < -0.39 is 18.5 Å². The molecule has 0 saturated carbocycles. The number of nitrogens with one attached hydrogen (secondary N) is 1. The number of aromatic nitrogens is 3. The van der Waals surface area contributed by atoms with Crippen LogP contribution in [0.25, 0.3) is 21.9 Å². The maximum atomic E-state index is 12.5. The van der Waals surface area contributed by atoms with Crippen molar-refractivity contribution in [3.63, 3.8) is 0 Å². The third kappa shape index (κ3) is 2.92. The number of nitrogens with zero attached hydrogens (tertiary/aromatic N) is 3. The van der Waals surface area contributed by atoms with Gasteiger partial charge in [0.05, 0.1) is 11.7 Å². The first-order valence-electron chi connectivity index (χ1n) is 7.97. The van der Waals surface area contributed by atoms with Crippen molar-refractivity contribution >= 4 is 27.8 Å². The fourth-order valence-corrected chi connectivity index (χ4v) is 3.55. The minimum absolute atomic E-state index is 0.00483. The van der Waals surface area contributed by atoms with Gasteiger partial charge in [-0.1, -0.05) is 0 Å². The zero-order valence-corrected chi connectivity index (χ0v) is 13.2. The summed E-state index contributed by atoms with van der Waals surface area (Å²) in [5.74, 6) is -0.863. The van der Waals surface area contributed by atoms with Crippen LogP contribution in [0.1, 0.15) is 24.3 Å². The topological polar surface area (TPSA) is 61.9 Å². The molecule has 3 aromatic rings. The van der Waals surface area contributed by atoms with Gasteiger partial charge in [0, 0.05) is 42.2 Å². The van der Waals surface area contributed by atoms with Crippen LogP contribution in [0, 0.1) is 0 Å².